The van der Waals surface area contributed by atoms with Gasteiger partial charge in [-0.1, -0.05) is 36.4 Å². The highest BCUT2D eigenvalue weighted by atomic mass is 16.3. The number of para-hydroxylation sites is 2. The van der Waals surface area contributed by atoms with Crippen LogP contribution in [0.25, 0.3) is 21.8 Å². The molecule has 2 aliphatic rings. The lowest BCUT2D eigenvalue weighted by atomic mass is 10.2. The van der Waals surface area contributed by atoms with Crippen molar-refractivity contribution in [3.05, 3.63) is 48.5 Å². The summed E-state index contributed by atoms with van der Waals surface area (Å²) in [5.41, 5.74) is 2.25. The summed E-state index contributed by atoms with van der Waals surface area (Å²) in [5, 5.41) is 13.1. The Bertz CT molecular complexity index is 922. The SMILES string of the molecule is O=C1N(CC(O)Cn2c3ccccc3c3ccccc32)CCN1C1CC1. The molecule has 5 nitrogen and oxygen atoms in total. The fourth-order valence-electron chi connectivity index (χ4n) is 4.22. The smallest absolute Gasteiger partial charge is 0.320 e. The van der Waals surface area contributed by atoms with Gasteiger partial charge in [-0.25, -0.2) is 4.79 Å². The predicted octanol–water partition coefficient (Wildman–Crippen LogP) is 3.06. The molecule has 2 aromatic carbocycles. The second-order valence-corrected chi connectivity index (χ2v) is 7.45. The zero-order valence-corrected chi connectivity index (χ0v) is 14.7. The van der Waals surface area contributed by atoms with Crippen LogP contribution in [0.4, 0.5) is 4.79 Å². The zero-order chi connectivity index (χ0) is 17.7. The van der Waals surface area contributed by atoms with Crippen LogP contribution in [0.5, 0.6) is 0 Å². The Morgan fingerprint density at radius 2 is 1.54 bits per heavy atom. The molecule has 1 saturated carbocycles. The van der Waals surface area contributed by atoms with Gasteiger partial charge in [0.2, 0.25) is 0 Å². The molecule has 2 amide bonds. The molecule has 2 heterocycles. The Morgan fingerprint density at radius 3 is 2.15 bits per heavy atom. The van der Waals surface area contributed by atoms with Gasteiger partial charge in [-0.2, -0.15) is 0 Å². The summed E-state index contributed by atoms with van der Waals surface area (Å²) in [6.07, 6.45) is 1.67. The third kappa shape index (κ3) is 2.54. The Labute approximate surface area is 152 Å². The van der Waals surface area contributed by atoms with Crippen molar-refractivity contribution in [1.82, 2.24) is 14.4 Å². The molecule has 5 rings (SSSR count). The Kier molecular flexibility index (Phi) is 3.64. The van der Waals surface area contributed by atoms with Gasteiger partial charge in [0.15, 0.2) is 0 Å². The molecular weight excluding hydrogens is 326 g/mol. The van der Waals surface area contributed by atoms with E-state index in [1.165, 1.54) is 10.8 Å². The van der Waals surface area contributed by atoms with Gasteiger partial charge in [0.25, 0.3) is 0 Å². The minimum absolute atomic E-state index is 0.0915. The van der Waals surface area contributed by atoms with Gasteiger partial charge < -0.3 is 19.5 Å². The van der Waals surface area contributed by atoms with E-state index in [1.54, 1.807) is 4.90 Å². The minimum Gasteiger partial charge on any atom is -0.389 e. The number of rotatable bonds is 5. The highest BCUT2D eigenvalue weighted by Gasteiger charge is 2.39. The third-order valence-corrected chi connectivity index (χ3v) is 5.62. The van der Waals surface area contributed by atoms with Crippen LogP contribution in [-0.4, -0.2) is 57.3 Å². The van der Waals surface area contributed by atoms with E-state index >= 15 is 0 Å². The maximum atomic E-state index is 12.5. The molecule has 0 radical (unpaired) electrons. The second-order valence-electron chi connectivity index (χ2n) is 7.45. The number of urea groups is 1. The van der Waals surface area contributed by atoms with Crippen molar-refractivity contribution in [3.8, 4) is 0 Å². The van der Waals surface area contributed by atoms with Gasteiger partial charge in [-0.15, -0.1) is 0 Å². The summed E-state index contributed by atoms with van der Waals surface area (Å²) >= 11 is 0. The average Bonchev–Trinajstić information content (AvgIpc) is 3.38. The molecule has 1 N–H and O–H groups in total. The van der Waals surface area contributed by atoms with Crippen molar-refractivity contribution in [2.45, 2.75) is 31.5 Å². The van der Waals surface area contributed by atoms with Crippen LogP contribution >= 0.6 is 0 Å². The molecular formula is C21H23N3O2. The van der Waals surface area contributed by atoms with E-state index in [0.717, 1.165) is 37.0 Å². The van der Waals surface area contributed by atoms with Crippen molar-refractivity contribution in [1.29, 1.82) is 0 Å². The molecule has 1 aliphatic heterocycles. The van der Waals surface area contributed by atoms with Crippen molar-refractivity contribution >= 4 is 27.8 Å². The van der Waals surface area contributed by atoms with Gasteiger partial charge in [-0.05, 0) is 25.0 Å². The van der Waals surface area contributed by atoms with Crippen LogP contribution in [0.1, 0.15) is 12.8 Å². The van der Waals surface area contributed by atoms with Crippen molar-refractivity contribution in [2.24, 2.45) is 0 Å². The maximum absolute atomic E-state index is 12.5. The molecule has 0 spiro atoms. The molecule has 26 heavy (non-hydrogen) atoms. The summed E-state index contributed by atoms with van der Waals surface area (Å²) in [6, 6.07) is 17.1. The maximum Gasteiger partial charge on any atom is 0.320 e. The van der Waals surface area contributed by atoms with E-state index < -0.39 is 6.10 Å². The van der Waals surface area contributed by atoms with Crippen LogP contribution in [0.2, 0.25) is 0 Å². The molecule has 2 fully saturated rings. The molecule has 5 heteroatoms. The van der Waals surface area contributed by atoms with Crippen LogP contribution in [-0.2, 0) is 6.54 Å². The van der Waals surface area contributed by atoms with Crippen molar-refractivity contribution in [2.75, 3.05) is 19.6 Å². The number of hydrogen-bond donors (Lipinski definition) is 1. The van der Waals surface area contributed by atoms with Gasteiger partial charge in [0.05, 0.1) is 19.2 Å². The van der Waals surface area contributed by atoms with Crippen LogP contribution in [0, 0.1) is 0 Å². The normalized spacial score (nSPS) is 19.0. The van der Waals surface area contributed by atoms with E-state index in [-0.39, 0.29) is 6.03 Å². The number of benzene rings is 2. The third-order valence-electron chi connectivity index (χ3n) is 5.62. The molecule has 134 valence electrons. The second kappa shape index (κ2) is 6.02. The van der Waals surface area contributed by atoms with Gasteiger partial charge in [-0.3, -0.25) is 0 Å². The first kappa shape index (κ1) is 15.7. The summed E-state index contributed by atoms with van der Waals surface area (Å²) in [4.78, 5) is 16.3. The Balaban J connectivity index is 1.39. The van der Waals surface area contributed by atoms with Crippen LogP contribution in [0.3, 0.4) is 0 Å². The monoisotopic (exact) mass is 349 g/mol. The fraction of sp³-hybridized carbons (Fsp3) is 0.381. The van der Waals surface area contributed by atoms with Crippen molar-refractivity contribution in [3.63, 3.8) is 0 Å². The van der Waals surface area contributed by atoms with Crippen molar-refractivity contribution < 1.29 is 9.90 Å². The molecule has 3 aromatic rings. The first-order valence-corrected chi connectivity index (χ1v) is 9.42. The molecule has 0 bridgehead atoms. The lowest BCUT2D eigenvalue weighted by molar-refractivity contribution is 0.115. The largest absolute Gasteiger partial charge is 0.389 e. The molecule has 1 atom stereocenters. The van der Waals surface area contributed by atoms with Gasteiger partial charge in [0, 0.05) is 40.9 Å². The standard InChI is InChI=1S/C21H23N3O2/c25-16(13-22-11-12-23(21(22)26)15-9-10-15)14-24-19-7-3-1-5-17(19)18-6-2-4-8-20(18)24/h1-8,15-16,25H,9-14H2. The summed E-state index contributed by atoms with van der Waals surface area (Å²) in [7, 11) is 0. The molecule has 1 unspecified atom stereocenters. The van der Waals surface area contributed by atoms with E-state index in [4.69, 9.17) is 0 Å². The average molecular weight is 349 g/mol. The quantitative estimate of drug-likeness (QED) is 0.770. The van der Waals surface area contributed by atoms with E-state index in [1.807, 2.05) is 29.2 Å². The topological polar surface area (TPSA) is 48.7 Å². The number of fused-ring (bicyclic) bond motifs is 3. The number of hydrogen-bond acceptors (Lipinski definition) is 2. The number of amides is 2. The number of carbonyl (C=O) groups is 1. The highest BCUT2D eigenvalue weighted by molar-refractivity contribution is 6.07. The number of aromatic nitrogens is 1. The van der Waals surface area contributed by atoms with Gasteiger partial charge in [0.1, 0.15) is 0 Å². The fourth-order valence-corrected chi connectivity index (χ4v) is 4.22. The summed E-state index contributed by atoms with van der Waals surface area (Å²) in [5.74, 6) is 0. The Hall–Kier alpha value is -2.53. The number of β-amino-alcohol motifs (C(OH)–C–C–N with tert-alkyl or cyclic N) is 1. The first-order chi connectivity index (χ1) is 12.7. The summed E-state index contributed by atoms with van der Waals surface area (Å²) in [6.45, 7) is 2.40. The van der Waals surface area contributed by atoms with Gasteiger partial charge >= 0.3 is 6.03 Å². The van der Waals surface area contributed by atoms with E-state index in [0.29, 0.717) is 19.1 Å². The highest BCUT2D eigenvalue weighted by Crippen LogP contribution is 2.31. The van der Waals surface area contributed by atoms with Crippen LogP contribution < -0.4 is 0 Å². The predicted molar refractivity (Wildman–Crippen MR) is 102 cm³/mol. The lowest BCUT2D eigenvalue weighted by Gasteiger charge is -2.22. The van der Waals surface area contributed by atoms with E-state index in [2.05, 4.69) is 28.8 Å². The minimum atomic E-state index is -0.586. The number of aliphatic hydroxyl groups is 1. The Morgan fingerprint density at radius 1 is 0.923 bits per heavy atom. The summed E-state index contributed by atoms with van der Waals surface area (Å²) < 4.78 is 2.18. The molecule has 1 aromatic heterocycles. The number of carbonyl (C=O) groups excluding carboxylic acids is 1. The zero-order valence-electron chi connectivity index (χ0n) is 14.7. The van der Waals surface area contributed by atoms with Crippen LogP contribution in [0.15, 0.2) is 48.5 Å². The lowest BCUT2D eigenvalue weighted by Crippen LogP contribution is -2.38. The van der Waals surface area contributed by atoms with E-state index in [9.17, 15) is 9.90 Å². The molecule has 1 aliphatic carbocycles. The number of nitrogens with zero attached hydrogens (tertiary/aromatic N) is 3. The number of aliphatic hydroxyl groups excluding tert-OH is 1. The first-order valence-electron chi connectivity index (χ1n) is 9.42. The molecule has 1 saturated heterocycles.